The summed E-state index contributed by atoms with van der Waals surface area (Å²) in [7, 11) is 1.80. The van der Waals surface area contributed by atoms with Gasteiger partial charge in [-0.15, -0.1) is 11.8 Å². The number of carbonyl (C=O) groups excluding carboxylic acids is 1. The molecule has 0 unspecified atom stereocenters. The molecule has 0 bridgehead atoms. The van der Waals surface area contributed by atoms with E-state index in [4.69, 9.17) is 0 Å². The van der Waals surface area contributed by atoms with Gasteiger partial charge in [0, 0.05) is 30.2 Å². The van der Waals surface area contributed by atoms with Crippen molar-refractivity contribution in [3.05, 3.63) is 47.8 Å². The third-order valence-electron chi connectivity index (χ3n) is 2.66. The normalized spacial score (nSPS) is 10.3. The molecule has 1 heterocycles. The first kappa shape index (κ1) is 12.7. The fourth-order valence-corrected chi connectivity index (χ4v) is 2.33. The monoisotopic (exact) mass is 261 g/mol. The number of hydrogen-bond donors (Lipinski definition) is 1. The second-order valence-corrected chi connectivity index (χ2v) is 4.82. The van der Waals surface area contributed by atoms with E-state index in [0.29, 0.717) is 6.54 Å². The highest BCUT2D eigenvalue weighted by Gasteiger charge is 2.15. The van der Waals surface area contributed by atoms with Crippen LogP contribution in [0.3, 0.4) is 0 Å². The van der Waals surface area contributed by atoms with Crippen LogP contribution in [0.1, 0.15) is 15.9 Å². The molecule has 0 aliphatic carbocycles. The maximum atomic E-state index is 12.3. The van der Waals surface area contributed by atoms with E-state index in [1.807, 2.05) is 30.5 Å². The van der Waals surface area contributed by atoms with Gasteiger partial charge in [0.2, 0.25) is 0 Å². The molecule has 2 rings (SSSR count). The summed E-state index contributed by atoms with van der Waals surface area (Å²) >= 11 is 1.58. The van der Waals surface area contributed by atoms with Gasteiger partial charge in [0.15, 0.2) is 0 Å². The van der Waals surface area contributed by atoms with Crippen LogP contribution in [0.25, 0.3) is 0 Å². The van der Waals surface area contributed by atoms with Gasteiger partial charge in [-0.25, -0.2) is 0 Å². The van der Waals surface area contributed by atoms with Crippen LogP contribution < -0.4 is 0 Å². The second-order valence-electron chi connectivity index (χ2n) is 3.97. The number of hydrogen-bond acceptors (Lipinski definition) is 3. The van der Waals surface area contributed by atoms with Crippen molar-refractivity contribution in [2.24, 2.45) is 0 Å². The zero-order chi connectivity index (χ0) is 13.0. The quantitative estimate of drug-likeness (QED) is 0.860. The third-order valence-corrected chi connectivity index (χ3v) is 3.45. The van der Waals surface area contributed by atoms with Crippen LogP contribution in [-0.2, 0) is 6.54 Å². The molecule has 1 aromatic carbocycles. The van der Waals surface area contributed by atoms with E-state index in [-0.39, 0.29) is 5.91 Å². The number of rotatable bonds is 4. The molecule has 0 radical (unpaired) electrons. The van der Waals surface area contributed by atoms with Gasteiger partial charge >= 0.3 is 0 Å². The Kier molecular flexibility index (Phi) is 4.04. The summed E-state index contributed by atoms with van der Waals surface area (Å²) in [5, 5.41) is 6.62. The lowest BCUT2D eigenvalue weighted by Crippen LogP contribution is -2.26. The molecule has 2 aromatic rings. The van der Waals surface area contributed by atoms with Crippen molar-refractivity contribution in [1.82, 2.24) is 15.1 Å². The zero-order valence-electron chi connectivity index (χ0n) is 10.4. The first-order chi connectivity index (χ1) is 8.72. The van der Waals surface area contributed by atoms with E-state index in [1.54, 1.807) is 36.1 Å². The molecule has 5 heteroatoms. The van der Waals surface area contributed by atoms with Crippen molar-refractivity contribution in [1.29, 1.82) is 0 Å². The molecule has 0 saturated heterocycles. The maximum Gasteiger partial charge on any atom is 0.255 e. The Labute approximate surface area is 110 Å². The molecule has 0 aliphatic rings. The Bertz CT molecular complexity index is 525. The van der Waals surface area contributed by atoms with Crippen LogP contribution >= 0.6 is 11.8 Å². The van der Waals surface area contributed by atoms with E-state index in [9.17, 15) is 4.79 Å². The topological polar surface area (TPSA) is 49.0 Å². The number of amides is 1. The molecule has 0 atom stereocenters. The van der Waals surface area contributed by atoms with Gasteiger partial charge < -0.3 is 4.90 Å². The summed E-state index contributed by atoms with van der Waals surface area (Å²) in [5.41, 5.74) is 1.74. The zero-order valence-corrected chi connectivity index (χ0v) is 11.2. The smallest absolute Gasteiger partial charge is 0.255 e. The Hall–Kier alpha value is -1.75. The molecule has 1 aromatic heterocycles. The number of nitrogens with zero attached hydrogens (tertiary/aromatic N) is 2. The number of carbonyl (C=O) groups is 1. The van der Waals surface area contributed by atoms with Crippen LogP contribution in [0.2, 0.25) is 0 Å². The number of aromatic amines is 1. The lowest BCUT2D eigenvalue weighted by Gasteiger charge is -2.17. The molecule has 0 saturated carbocycles. The van der Waals surface area contributed by atoms with Gasteiger partial charge in [-0.2, -0.15) is 5.10 Å². The van der Waals surface area contributed by atoms with Gasteiger partial charge in [0.25, 0.3) is 5.91 Å². The highest BCUT2D eigenvalue weighted by molar-refractivity contribution is 7.98. The summed E-state index contributed by atoms with van der Waals surface area (Å²) in [5.74, 6) is 0.0288. The van der Waals surface area contributed by atoms with Crippen LogP contribution in [0.15, 0.2) is 41.6 Å². The molecular formula is C13H15N3OS. The molecule has 0 spiro atoms. The number of H-pyrrole nitrogens is 1. The molecule has 1 N–H and O–H groups in total. The summed E-state index contributed by atoms with van der Waals surface area (Å²) in [6.07, 6.45) is 5.50. The van der Waals surface area contributed by atoms with Crippen LogP contribution in [-0.4, -0.2) is 34.3 Å². The molecule has 1 amide bonds. The fourth-order valence-electron chi connectivity index (χ4n) is 1.74. The van der Waals surface area contributed by atoms with Crippen molar-refractivity contribution >= 4 is 17.7 Å². The lowest BCUT2D eigenvalue weighted by atomic mass is 10.2. The van der Waals surface area contributed by atoms with Gasteiger partial charge in [-0.3, -0.25) is 9.89 Å². The van der Waals surface area contributed by atoms with Crippen molar-refractivity contribution in [2.45, 2.75) is 11.4 Å². The van der Waals surface area contributed by atoms with E-state index in [0.717, 1.165) is 16.0 Å². The lowest BCUT2D eigenvalue weighted by molar-refractivity contribution is 0.0781. The predicted octanol–water partition coefficient (Wildman–Crippen LogP) is 2.40. The SMILES string of the molecule is CSc1ccccc1C(=O)N(C)Cc1cn[nH]c1. The molecule has 0 aliphatic heterocycles. The summed E-state index contributed by atoms with van der Waals surface area (Å²) < 4.78 is 0. The van der Waals surface area contributed by atoms with E-state index >= 15 is 0 Å². The fraction of sp³-hybridized carbons (Fsp3) is 0.231. The number of aromatic nitrogens is 2. The van der Waals surface area contributed by atoms with Crippen molar-refractivity contribution in [3.63, 3.8) is 0 Å². The maximum absolute atomic E-state index is 12.3. The first-order valence-corrected chi connectivity index (χ1v) is 6.81. The van der Waals surface area contributed by atoms with Crippen molar-refractivity contribution in [2.75, 3.05) is 13.3 Å². The second kappa shape index (κ2) is 5.73. The van der Waals surface area contributed by atoms with Crippen LogP contribution in [0, 0.1) is 0 Å². The van der Waals surface area contributed by atoms with E-state index < -0.39 is 0 Å². The molecule has 4 nitrogen and oxygen atoms in total. The highest BCUT2D eigenvalue weighted by Crippen LogP contribution is 2.21. The van der Waals surface area contributed by atoms with Gasteiger partial charge in [-0.05, 0) is 18.4 Å². The summed E-state index contributed by atoms with van der Waals surface area (Å²) in [6, 6.07) is 7.65. The largest absolute Gasteiger partial charge is 0.337 e. The molecular weight excluding hydrogens is 246 g/mol. The van der Waals surface area contributed by atoms with Gasteiger partial charge in [0.05, 0.1) is 11.8 Å². The Morgan fingerprint density at radius 2 is 2.22 bits per heavy atom. The third kappa shape index (κ3) is 2.73. The van der Waals surface area contributed by atoms with Crippen LogP contribution in [0.4, 0.5) is 0 Å². The van der Waals surface area contributed by atoms with Crippen LogP contribution in [0.5, 0.6) is 0 Å². The van der Waals surface area contributed by atoms with E-state index in [1.165, 1.54) is 0 Å². The van der Waals surface area contributed by atoms with Crippen molar-refractivity contribution < 1.29 is 4.79 Å². The molecule has 94 valence electrons. The standard InChI is InChI=1S/C13H15N3OS/c1-16(9-10-7-14-15-8-10)13(17)11-5-3-4-6-12(11)18-2/h3-8H,9H2,1-2H3,(H,14,15). The number of benzene rings is 1. The minimum Gasteiger partial charge on any atom is -0.337 e. The first-order valence-electron chi connectivity index (χ1n) is 5.58. The Balaban J connectivity index is 2.15. The average Bonchev–Trinajstić information content (AvgIpc) is 2.90. The summed E-state index contributed by atoms with van der Waals surface area (Å²) in [6.45, 7) is 0.554. The Morgan fingerprint density at radius 3 is 2.89 bits per heavy atom. The predicted molar refractivity (Wildman–Crippen MR) is 72.6 cm³/mol. The van der Waals surface area contributed by atoms with Gasteiger partial charge in [-0.1, -0.05) is 12.1 Å². The van der Waals surface area contributed by atoms with Gasteiger partial charge in [0.1, 0.15) is 0 Å². The average molecular weight is 261 g/mol. The minimum absolute atomic E-state index is 0.0288. The number of nitrogens with one attached hydrogen (secondary N) is 1. The summed E-state index contributed by atoms with van der Waals surface area (Å²) in [4.78, 5) is 15.0. The molecule has 18 heavy (non-hydrogen) atoms. The minimum atomic E-state index is 0.0288. The Morgan fingerprint density at radius 1 is 1.44 bits per heavy atom. The number of thioether (sulfide) groups is 1. The van der Waals surface area contributed by atoms with E-state index in [2.05, 4.69) is 10.2 Å². The van der Waals surface area contributed by atoms with Crippen molar-refractivity contribution in [3.8, 4) is 0 Å². The highest BCUT2D eigenvalue weighted by atomic mass is 32.2. The molecule has 0 fully saturated rings.